The first-order valence-corrected chi connectivity index (χ1v) is 5.09. The topological polar surface area (TPSA) is 48.1 Å². The molecule has 72 valence electrons. The van der Waals surface area contributed by atoms with Crippen LogP contribution in [0.1, 0.15) is 4.88 Å². The lowest BCUT2D eigenvalue weighted by Gasteiger charge is -2.06. The lowest BCUT2D eigenvalue weighted by atomic mass is 10.3. The number of hydrogen-bond donors (Lipinski definition) is 1. The molecule has 0 radical (unpaired) electrons. The Hall–Kier alpha value is -1.55. The van der Waals surface area contributed by atoms with Crippen molar-refractivity contribution >= 4 is 17.0 Å². The number of para-hydroxylation sites is 2. The molecule has 1 aromatic heterocycles. The second-order valence-corrected chi connectivity index (χ2v) is 3.77. The molecule has 0 bridgehead atoms. The molecule has 0 unspecified atom stereocenters. The van der Waals surface area contributed by atoms with Gasteiger partial charge in [0.05, 0.1) is 16.1 Å². The van der Waals surface area contributed by atoms with Crippen LogP contribution in [0.3, 0.4) is 0 Å². The molecule has 0 aliphatic carbocycles. The molecule has 3 nitrogen and oxygen atoms in total. The molecule has 0 aliphatic heterocycles. The van der Waals surface area contributed by atoms with Gasteiger partial charge in [-0.15, -0.1) is 11.3 Å². The van der Waals surface area contributed by atoms with E-state index in [9.17, 15) is 0 Å². The summed E-state index contributed by atoms with van der Waals surface area (Å²) in [5.74, 6) is 0.723. The zero-order valence-electron chi connectivity index (χ0n) is 7.51. The number of nitrogens with two attached hydrogens (primary N) is 1. The Balaban J connectivity index is 2.02. The van der Waals surface area contributed by atoms with Gasteiger partial charge in [-0.25, -0.2) is 0 Å². The number of aromatic nitrogens is 1. The van der Waals surface area contributed by atoms with Gasteiger partial charge in [-0.1, -0.05) is 12.1 Å². The van der Waals surface area contributed by atoms with Crippen LogP contribution in [0, 0.1) is 0 Å². The minimum Gasteiger partial charge on any atom is -0.486 e. The highest BCUT2D eigenvalue weighted by atomic mass is 32.1. The highest BCUT2D eigenvalue weighted by Crippen LogP contribution is 2.21. The molecule has 0 fully saturated rings. The van der Waals surface area contributed by atoms with Crippen molar-refractivity contribution in [2.75, 3.05) is 5.73 Å². The summed E-state index contributed by atoms with van der Waals surface area (Å²) in [6.07, 6.45) is 1.80. The standard InChI is InChI=1S/C10H10N2OS/c11-9-3-1-2-4-10(9)13-6-8-5-12-7-14-8/h1-5,7H,6,11H2. The molecule has 1 heterocycles. The first-order chi connectivity index (χ1) is 6.86. The average molecular weight is 206 g/mol. The number of hydrogen-bond acceptors (Lipinski definition) is 4. The SMILES string of the molecule is Nc1ccccc1OCc1cncs1. The third-order valence-corrected chi connectivity index (χ3v) is 2.53. The largest absolute Gasteiger partial charge is 0.486 e. The van der Waals surface area contributed by atoms with Crippen LogP contribution in [0.5, 0.6) is 5.75 Å². The van der Waals surface area contributed by atoms with Crippen LogP contribution in [0.2, 0.25) is 0 Å². The lowest BCUT2D eigenvalue weighted by molar-refractivity contribution is 0.311. The summed E-state index contributed by atoms with van der Waals surface area (Å²) in [4.78, 5) is 5.06. The second-order valence-electron chi connectivity index (χ2n) is 2.79. The van der Waals surface area contributed by atoms with E-state index in [2.05, 4.69) is 4.98 Å². The van der Waals surface area contributed by atoms with E-state index >= 15 is 0 Å². The summed E-state index contributed by atoms with van der Waals surface area (Å²) in [5.41, 5.74) is 8.17. The molecule has 0 spiro atoms. The van der Waals surface area contributed by atoms with Crippen LogP contribution in [0.4, 0.5) is 5.69 Å². The van der Waals surface area contributed by atoms with Crippen molar-refractivity contribution in [3.8, 4) is 5.75 Å². The van der Waals surface area contributed by atoms with E-state index in [0.29, 0.717) is 12.3 Å². The minimum atomic E-state index is 0.527. The Kier molecular flexibility index (Phi) is 2.65. The number of thiazole rings is 1. The molecular formula is C10H10N2OS. The third kappa shape index (κ3) is 2.03. The summed E-state index contributed by atoms with van der Waals surface area (Å²) in [6, 6.07) is 7.46. The van der Waals surface area contributed by atoms with Crippen molar-refractivity contribution in [3.05, 3.63) is 40.8 Å². The van der Waals surface area contributed by atoms with Crippen molar-refractivity contribution in [2.45, 2.75) is 6.61 Å². The van der Waals surface area contributed by atoms with E-state index in [4.69, 9.17) is 10.5 Å². The molecule has 0 saturated carbocycles. The Morgan fingerprint density at radius 1 is 1.36 bits per heavy atom. The lowest BCUT2D eigenvalue weighted by Crippen LogP contribution is -1.96. The Morgan fingerprint density at radius 2 is 2.21 bits per heavy atom. The Labute approximate surface area is 86.2 Å². The molecule has 2 N–H and O–H groups in total. The fourth-order valence-electron chi connectivity index (χ4n) is 1.07. The van der Waals surface area contributed by atoms with Crippen molar-refractivity contribution < 1.29 is 4.74 Å². The highest BCUT2D eigenvalue weighted by molar-refractivity contribution is 7.09. The number of rotatable bonds is 3. The summed E-state index contributed by atoms with van der Waals surface area (Å²) >= 11 is 1.57. The molecular weight excluding hydrogens is 196 g/mol. The third-order valence-electron chi connectivity index (χ3n) is 1.77. The Morgan fingerprint density at radius 3 is 2.93 bits per heavy atom. The first-order valence-electron chi connectivity index (χ1n) is 4.21. The average Bonchev–Trinajstić information content (AvgIpc) is 2.69. The van der Waals surface area contributed by atoms with E-state index < -0.39 is 0 Å². The maximum atomic E-state index is 5.72. The van der Waals surface area contributed by atoms with Gasteiger partial charge in [0.25, 0.3) is 0 Å². The van der Waals surface area contributed by atoms with Gasteiger partial charge in [-0.2, -0.15) is 0 Å². The zero-order valence-corrected chi connectivity index (χ0v) is 8.33. The van der Waals surface area contributed by atoms with Crippen molar-refractivity contribution in [1.82, 2.24) is 4.98 Å². The molecule has 2 rings (SSSR count). The second kappa shape index (κ2) is 4.11. The number of benzene rings is 1. The minimum absolute atomic E-state index is 0.527. The number of nitrogen functional groups attached to an aromatic ring is 1. The van der Waals surface area contributed by atoms with E-state index in [-0.39, 0.29) is 0 Å². The quantitative estimate of drug-likeness (QED) is 0.784. The van der Waals surface area contributed by atoms with Crippen LogP contribution in [0.15, 0.2) is 36.0 Å². The molecule has 4 heteroatoms. The van der Waals surface area contributed by atoms with Gasteiger partial charge in [0, 0.05) is 6.20 Å². The van der Waals surface area contributed by atoms with Gasteiger partial charge in [0.2, 0.25) is 0 Å². The van der Waals surface area contributed by atoms with Gasteiger partial charge in [-0.05, 0) is 12.1 Å². The van der Waals surface area contributed by atoms with Gasteiger partial charge in [-0.3, -0.25) is 4.98 Å². The van der Waals surface area contributed by atoms with E-state index in [1.165, 1.54) is 0 Å². The first kappa shape index (κ1) is 9.02. The van der Waals surface area contributed by atoms with Crippen molar-refractivity contribution in [1.29, 1.82) is 0 Å². The predicted molar refractivity (Wildman–Crippen MR) is 57.3 cm³/mol. The molecule has 2 aromatic rings. The summed E-state index contributed by atoms with van der Waals surface area (Å²) in [6.45, 7) is 0.527. The molecule has 0 saturated heterocycles. The Bertz CT molecular complexity index is 400. The van der Waals surface area contributed by atoms with Gasteiger partial charge >= 0.3 is 0 Å². The van der Waals surface area contributed by atoms with Gasteiger partial charge < -0.3 is 10.5 Å². The number of nitrogens with zero attached hydrogens (tertiary/aromatic N) is 1. The fourth-order valence-corrected chi connectivity index (χ4v) is 1.58. The van der Waals surface area contributed by atoms with E-state index in [1.807, 2.05) is 24.3 Å². The van der Waals surface area contributed by atoms with Crippen molar-refractivity contribution in [2.24, 2.45) is 0 Å². The van der Waals surface area contributed by atoms with Crippen molar-refractivity contribution in [3.63, 3.8) is 0 Å². The zero-order chi connectivity index (χ0) is 9.80. The van der Waals surface area contributed by atoms with Crippen LogP contribution in [-0.4, -0.2) is 4.98 Å². The summed E-state index contributed by atoms with van der Waals surface area (Å²) in [5, 5.41) is 0. The van der Waals surface area contributed by atoms with E-state index in [1.54, 1.807) is 23.0 Å². The summed E-state index contributed by atoms with van der Waals surface area (Å²) in [7, 11) is 0. The summed E-state index contributed by atoms with van der Waals surface area (Å²) < 4.78 is 5.53. The van der Waals surface area contributed by atoms with Gasteiger partial charge in [0.15, 0.2) is 0 Å². The highest BCUT2D eigenvalue weighted by Gasteiger charge is 1.99. The van der Waals surface area contributed by atoms with Crippen LogP contribution >= 0.6 is 11.3 Å². The van der Waals surface area contributed by atoms with Crippen LogP contribution < -0.4 is 10.5 Å². The monoisotopic (exact) mass is 206 g/mol. The van der Waals surface area contributed by atoms with E-state index in [0.717, 1.165) is 10.6 Å². The normalized spacial score (nSPS) is 10.0. The van der Waals surface area contributed by atoms with Crippen LogP contribution in [-0.2, 0) is 6.61 Å². The fraction of sp³-hybridized carbons (Fsp3) is 0.100. The molecule has 14 heavy (non-hydrogen) atoms. The maximum absolute atomic E-state index is 5.72. The smallest absolute Gasteiger partial charge is 0.142 e. The number of ether oxygens (including phenoxy) is 1. The van der Waals surface area contributed by atoms with Crippen LogP contribution in [0.25, 0.3) is 0 Å². The maximum Gasteiger partial charge on any atom is 0.142 e. The molecule has 1 aromatic carbocycles. The molecule has 0 amide bonds. The molecule has 0 atom stereocenters. The molecule has 0 aliphatic rings. The number of anilines is 1. The predicted octanol–water partition coefficient (Wildman–Crippen LogP) is 2.30. The van der Waals surface area contributed by atoms with Gasteiger partial charge in [0.1, 0.15) is 12.4 Å².